The van der Waals surface area contributed by atoms with Crippen molar-refractivity contribution in [3.63, 3.8) is 0 Å². The minimum atomic E-state index is -0.556. The van der Waals surface area contributed by atoms with Crippen LogP contribution >= 0.6 is 0 Å². The molecular weight excluding hydrogens is 217 g/mol. The molecule has 0 bridgehead atoms. The first kappa shape index (κ1) is 14.0. The van der Waals surface area contributed by atoms with Crippen molar-refractivity contribution in [2.24, 2.45) is 0 Å². The molecule has 96 valence electrons. The summed E-state index contributed by atoms with van der Waals surface area (Å²) >= 11 is 0. The highest BCUT2D eigenvalue weighted by Crippen LogP contribution is 2.21. The zero-order valence-electron chi connectivity index (χ0n) is 10.9. The highest BCUT2D eigenvalue weighted by atomic mass is 19.1. The monoisotopic (exact) mass is 239 g/mol. The van der Waals surface area contributed by atoms with Gasteiger partial charge in [0.05, 0.1) is 0 Å². The Morgan fingerprint density at radius 1 is 1.18 bits per heavy atom. The number of nitrogens with one attached hydrogen (secondary N) is 1. The van der Waals surface area contributed by atoms with E-state index in [0.717, 1.165) is 24.8 Å². The van der Waals surface area contributed by atoms with E-state index >= 15 is 0 Å². The molecule has 0 aliphatic carbocycles. The van der Waals surface area contributed by atoms with Crippen LogP contribution in [0.1, 0.15) is 45.6 Å². The predicted molar refractivity (Wildman–Crippen MR) is 68.5 cm³/mol. The van der Waals surface area contributed by atoms with E-state index in [1.807, 2.05) is 0 Å². The minimum absolute atomic E-state index is 0.133. The van der Waals surface area contributed by atoms with E-state index < -0.39 is 5.82 Å². The van der Waals surface area contributed by atoms with Crippen LogP contribution in [-0.4, -0.2) is 10.6 Å². The maximum Gasteiger partial charge on any atom is 0.165 e. The molecular formula is C14H22FNO. The molecule has 0 aliphatic heterocycles. The third kappa shape index (κ3) is 3.43. The fourth-order valence-corrected chi connectivity index (χ4v) is 2.07. The van der Waals surface area contributed by atoms with Crippen LogP contribution in [0.4, 0.5) is 4.39 Å². The van der Waals surface area contributed by atoms with Gasteiger partial charge in [-0.05, 0) is 37.0 Å². The van der Waals surface area contributed by atoms with Gasteiger partial charge in [0.2, 0.25) is 0 Å². The van der Waals surface area contributed by atoms with Gasteiger partial charge in [0, 0.05) is 12.1 Å². The zero-order chi connectivity index (χ0) is 12.9. The number of rotatable bonds is 6. The largest absolute Gasteiger partial charge is 0.505 e. The van der Waals surface area contributed by atoms with E-state index in [4.69, 9.17) is 5.11 Å². The molecule has 0 atom stereocenters. The molecule has 1 aromatic carbocycles. The Bertz CT molecular complexity index is 353. The maximum absolute atomic E-state index is 13.2. The summed E-state index contributed by atoms with van der Waals surface area (Å²) in [6.07, 6.45) is 3.17. The van der Waals surface area contributed by atoms with Gasteiger partial charge >= 0.3 is 0 Å². The van der Waals surface area contributed by atoms with Crippen molar-refractivity contribution >= 4 is 0 Å². The second-order valence-electron chi connectivity index (χ2n) is 4.48. The highest BCUT2D eigenvalue weighted by Gasteiger charge is 2.22. The summed E-state index contributed by atoms with van der Waals surface area (Å²) < 4.78 is 13.2. The Hall–Kier alpha value is -1.09. The standard InChI is InChI=1S/C14H22FNO/c1-4-14(5-2,6-3)16-10-11-7-8-13(17)12(15)9-11/h7-9,16-17H,4-6,10H2,1-3H3. The van der Waals surface area contributed by atoms with Gasteiger partial charge in [0.1, 0.15) is 0 Å². The van der Waals surface area contributed by atoms with Crippen molar-refractivity contribution in [1.29, 1.82) is 0 Å². The SMILES string of the molecule is CCC(CC)(CC)NCc1ccc(O)c(F)c1. The van der Waals surface area contributed by atoms with Gasteiger partial charge in [-0.3, -0.25) is 0 Å². The van der Waals surface area contributed by atoms with E-state index in [-0.39, 0.29) is 11.3 Å². The van der Waals surface area contributed by atoms with Crippen molar-refractivity contribution in [3.8, 4) is 5.75 Å². The van der Waals surface area contributed by atoms with Gasteiger partial charge in [-0.15, -0.1) is 0 Å². The number of hydrogen-bond donors (Lipinski definition) is 2. The zero-order valence-corrected chi connectivity index (χ0v) is 10.9. The molecule has 0 saturated heterocycles. The summed E-state index contributed by atoms with van der Waals surface area (Å²) in [5, 5.41) is 12.6. The third-order valence-corrected chi connectivity index (χ3v) is 3.71. The molecule has 17 heavy (non-hydrogen) atoms. The van der Waals surface area contributed by atoms with E-state index in [9.17, 15) is 4.39 Å². The quantitative estimate of drug-likeness (QED) is 0.795. The topological polar surface area (TPSA) is 32.3 Å². The number of benzene rings is 1. The molecule has 0 amide bonds. The molecule has 2 N–H and O–H groups in total. The van der Waals surface area contributed by atoms with Crippen molar-refractivity contribution in [1.82, 2.24) is 5.32 Å². The Kier molecular flexibility index (Phi) is 4.94. The van der Waals surface area contributed by atoms with Gasteiger partial charge in [-0.2, -0.15) is 0 Å². The summed E-state index contributed by atoms with van der Waals surface area (Å²) in [5.41, 5.74) is 0.994. The minimum Gasteiger partial charge on any atom is -0.505 e. The van der Waals surface area contributed by atoms with Gasteiger partial charge in [-0.25, -0.2) is 4.39 Å². The first-order valence-electron chi connectivity index (χ1n) is 6.29. The summed E-state index contributed by atoms with van der Waals surface area (Å²) in [7, 11) is 0. The van der Waals surface area contributed by atoms with Crippen LogP contribution in [0.15, 0.2) is 18.2 Å². The lowest BCUT2D eigenvalue weighted by molar-refractivity contribution is 0.288. The molecule has 0 aromatic heterocycles. The molecule has 0 saturated carbocycles. The average molecular weight is 239 g/mol. The van der Waals surface area contributed by atoms with E-state index in [0.29, 0.717) is 6.54 Å². The van der Waals surface area contributed by atoms with Crippen molar-refractivity contribution < 1.29 is 9.50 Å². The second kappa shape index (κ2) is 6.01. The molecule has 0 unspecified atom stereocenters. The Morgan fingerprint density at radius 2 is 1.76 bits per heavy atom. The molecule has 1 rings (SSSR count). The van der Waals surface area contributed by atoms with E-state index in [1.165, 1.54) is 12.1 Å². The Balaban J connectivity index is 2.68. The number of halogens is 1. The lowest BCUT2D eigenvalue weighted by Crippen LogP contribution is -2.43. The third-order valence-electron chi connectivity index (χ3n) is 3.71. The van der Waals surface area contributed by atoms with Crippen LogP contribution in [0.3, 0.4) is 0 Å². The van der Waals surface area contributed by atoms with Crippen LogP contribution in [0, 0.1) is 5.82 Å². The summed E-state index contributed by atoms with van der Waals surface area (Å²) in [6.45, 7) is 7.12. The first-order valence-corrected chi connectivity index (χ1v) is 6.29. The highest BCUT2D eigenvalue weighted by molar-refractivity contribution is 5.28. The Labute approximate surface area is 103 Å². The van der Waals surface area contributed by atoms with E-state index in [1.54, 1.807) is 6.07 Å². The summed E-state index contributed by atoms with van der Waals surface area (Å²) in [4.78, 5) is 0. The summed E-state index contributed by atoms with van der Waals surface area (Å²) in [5.74, 6) is -0.846. The van der Waals surface area contributed by atoms with Crippen molar-refractivity contribution in [2.75, 3.05) is 0 Å². The lowest BCUT2D eigenvalue weighted by atomic mass is 9.89. The van der Waals surface area contributed by atoms with Crippen LogP contribution in [0.2, 0.25) is 0 Å². The van der Waals surface area contributed by atoms with Crippen molar-refractivity contribution in [3.05, 3.63) is 29.6 Å². The smallest absolute Gasteiger partial charge is 0.165 e. The molecule has 0 aliphatic rings. The van der Waals surface area contributed by atoms with Crippen molar-refractivity contribution in [2.45, 2.75) is 52.1 Å². The van der Waals surface area contributed by atoms with Crippen LogP contribution in [0.5, 0.6) is 5.75 Å². The average Bonchev–Trinajstić information content (AvgIpc) is 2.36. The summed E-state index contributed by atoms with van der Waals surface area (Å²) in [6, 6.07) is 4.53. The van der Waals surface area contributed by atoms with E-state index in [2.05, 4.69) is 26.1 Å². The first-order chi connectivity index (χ1) is 8.06. The molecule has 0 fully saturated rings. The molecule has 3 heteroatoms. The van der Waals surface area contributed by atoms with Gasteiger partial charge < -0.3 is 10.4 Å². The van der Waals surface area contributed by atoms with Gasteiger partial charge in [-0.1, -0.05) is 26.8 Å². The molecule has 2 nitrogen and oxygen atoms in total. The number of phenols is 1. The second-order valence-corrected chi connectivity index (χ2v) is 4.48. The van der Waals surface area contributed by atoms with Crippen LogP contribution < -0.4 is 5.32 Å². The fourth-order valence-electron chi connectivity index (χ4n) is 2.07. The fraction of sp³-hybridized carbons (Fsp3) is 0.571. The predicted octanol–water partition coefficient (Wildman–Crippen LogP) is 3.59. The number of phenolic OH excluding ortho intramolecular Hbond substituents is 1. The number of hydrogen-bond acceptors (Lipinski definition) is 2. The Morgan fingerprint density at radius 3 is 2.24 bits per heavy atom. The molecule has 0 radical (unpaired) electrons. The normalized spacial score (nSPS) is 11.8. The maximum atomic E-state index is 13.2. The lowest BCUT2D eigenvalue weighted by Gasteiger charge is -2.32. The van der Waals surface area contributed by atoms with Crippen LogP contribution in [0.25, 0.3) is 0 Å². The van der Waals surface area contributed by atoms with Crippen LogP contribution in [-0.2, 0) is 6.54 Å². The molecule has 1 aromatic rings. The molecule has 0 spiro atoms. The molecule has 0 heterocycles. The van der Waals surface area contributed by atoms with Gasteiger partial charge in [0.15, 0.2) is 11.6 Å². The van der Waals surface area contributed by atoms with Gasteiger partial charge in [0.25, 0.3) is 0 Å². The number of aromatic hydroxyl groups is 1.